The van der Waals surface area contributed by atoms with E-state index in [9.17, 15) is 9.90 Å². The fourth-order valence-corrected chi connectivity index (χ4v) is 0.965. The third-order valence-electron chi connectivity index (χ3n) is 1.62. The summed E-state index contributed by atoms with van der Waals surface area (Å²) in [5.41, 5.74) is 0.655. The average Bonchev–Trinajstić information content (AvgIpc) is 2.16. The molecule has 0 aromatic heterocycles. The van der Waals surface area contributed by atoms with E-state index in [-0.39, 0.29) is 43.5 Å². The fourth-order valence-electron chi connectivity index (χ4n) is 0.965. The predicted molar refractivity (Wildman–Crippen MR) is 59.9 cm³/mol. The molecule has 0 heterocycles. The number of methoxy groups -OCH3 is 1. The number of carboxylic acids is 1. The number of rotatable bonds is 3. The summed E-state index contributed by atoms with van der Waals surface area (Å²) in [6.45, 7) is 0. The van der Waals surface area contributed by atoms with Crippen molar-refractivity contribution in [2.24, 2.45) is 0 Å². The van der Waals surface area contributed by atoms with Crippen molar-refractivity contribution in [3.05, 3.63) is 29.8 Å². The molecule has 4 nitrogen and oxygen atoms in total. The van der Waals surface area contributed by atoms with Crippen molar-refractivity contribution in [2.75, 3.05) is 7.11 Å². The number of hydrogen-bond acceptors (Lipinski definition) is 3. The van der Waals surface area contributed by atoms with E-state index in [2.05, 4.69) is 0 Å². The van der Waals surface area contributed by atoms with Gasteiger partial charge < -0.3 is 14.9 Å². The van der Waals surface area contributed by atoms with Crippen molar-refractivity contribution in [2.45, 2.75) is 0 Å². The van der Waals surface area contributed by atoms with Crippen LogP contribution >= 0.6 is 0 Å². The molecule has 0 atom stereocenters. The quantitative estimate of drug-likeness (QED) is 0.595. The molecule has 2 N–H and O–H groups in total. The van der Waals surface area contributed by atoms with Gasteiger partial charge in [0.15, 0.2) is 11.5 Å². The number of aromatic hydroxyl groups is 1. The number of hydrogen-bond donors (Lipinski definition) is 2. The van der Waals surface area contributed by atoms with Gasteiger partial charge in [-0.1, -0.05) is 6.07 Å². The molecule has 0 spiro atoms. The number of phenolic OH excluding ortho intramolecular Hbond substituents is 1. The molecular weight excluding hydrogens is 224 g/mol. The molecule has 78 valence electrons. The van der Waals surface area contributed by atoms with Crippen LogP contribution in [-0.4, -0.2) is 61.0 Å². The van der Waals surface area contributed by atoms with E-state index in [0.717, 1.165) is 6.08 Å². The third-order valence-corrected chi connectivity index (χ3v) is 1.62. The summed E-state index contributed by atoms with van der Waals surface area (Å²) in [6, 6.07) is 4.59. The summed E-state index contributed by atoms with van der Waals surface area (Å²) in [7, 11) is 1.43. The van der Waals surface area contributed by atoms with Crippen molar-refractivity contribution in [3.8, 4) is 11.5 Å². The van der Waals surface area contributed by atoms with E-state index in [1.807, 2.05) is 0 Å². The standard InChI is InChI=1S/C10H10O4.Ca.2H/c1-14-9-6-7(2-4-8(9)11)3-5-10(12)13;;;/h2-6,11H,1H3,(H,12,13);;;. The Bertz CT molecular complexity index is 374. The van der Waals surface area contributed by atoms with Crippen LogP contribution in [0.3, 0.4) is 0 Å². The van der Waals surface area contributed by atoms with E-state index in [4.69, 9.17) is 9.84 Å². The zero-order valence-corrected chi connectivity index (χ0v) is 7.60. The van der Waals surface area contributed by atoms with Gasteiger partial charge in [0.1, 0.15) is 0 Å². The topological polar surface area (TPSA) is 66.8 Å². The van der Waals surface area contributed by atoms with Gasteiger partial charge >= 0.3 is 43.7 Å². The molecule has 0 aliphatic heterocycles. The van der Waals surface area contributed by atoms with Gasteiger partial charge in [-0.3, -0.25) is 0 Å². The Morgan fingerprint density at radius 3 is 2.67 bits per heavy atom. The first kappa shape index (κ1) is 14.3. The molecule has 0 fully saturated rings. The molecule has 0 radical (unpaired) electrons. The van der Waals surface area contributed by atoms with Gasteiger partial charge in [0.2, 0.25) is 0 Å². The second-order valence-electron chi connectivity index (χ2n) is 2.60. The van der Waals surface area contributed by atoms with E-state index in [1.165, 1.54) is 19.3 Å². The Labute approximate surface area is 117 Å². The molecule has 0 aliphatic rings. The van der Waals surface area contributed by atoms with Crippen LogP contribution in [-0.2, 0) is 4.79 Å². The molecule has 1 rings (SSSR count). The SMILES string of the molecule is COc1cc(C=CC(=O)O)ccc1O.[CaH2]. The van der Waals surface area contributed by atoms with E-state index in [0.29, 0.717) is 11.3 Å². The Balaban J connectivity index is 0.00000196. The zero-order chi connectivity index (χ0) is 10.6. The van der Waals surface area contributed by atoms with Crippen molar-refractivity contribution in [1.29, 1.82) is 0 Å². The molecule has 5 heteroatoms. The predicted octanol–water partition coefficient (Wildman–Crippen LogP) is 0.582. The molecular formula is C10H12CaO4. The van der Waals surface area contributed by atoms with Crippen LogP contribution in [0.15, 0.2) is 24.3 Å². The van der Waals surface area contributed by atoms with Crippen LogP contribution in [0.25, 0.3) is 6.08 Å². The fraction of sp³-hybridized carbons (Fsp3) is 0.100. The summed E-state index contributed by atoms with van der Waals surface area (Å²) >= 11 is 0. The van der Waals surface area contributed by atoms with Crippen LogP contribution in [0.1, 0.15) is 5.56 Å². The minimum atomic E-state index is -1.02. The Kier molecular flexibility index (Phi) is 6.40. The summed E-state index contributed by atoms with van der Waals surface area (Å²) < 4.78 is 4.86. The molecule has 0 bridgehead atoms. The first-order chi connectivity index (χ1) is 6.63. The molecule has 15 heavy (non-hydrogen) atoms. The Morgan fingerprint density at radius 2 is 2.13 bits per heavy atom. The van der Waals surface area contributed by atoms with Crippen LogP contribution in [0.2, 0.25) is 0 Å². The van der Waals surface area contributed by atoms with Crippen molar-refractivity contribution in [3.63, 3.8) is 0 Å². The van der Waals surface area contributed by atoms with Gasteiger partial charge in [-0.25, -0.2) is 4.79 Å². The normalized spacial score (nSPS) is 9.67. The van der Waals surface area contributed by atoms with Crippen molar-refractivity contribution >= 4 is 49.8 Å². The number of carboxylic acid groups (broad SMARTS) is 1. The van der Waals surface area contributed by atoms with Gasteiger partial charge in [-0.2, -0.15) is 0 Å². The first-order valence-corrected chi connectivity index (χ1v) is 3.91. The molecule has 0 unspecified atom stereocenters. The maximum absolute atomic E-state index is 10.2. The maximum atomic E-state index is 10.2. The molecule has 0 saturated heterocycles. The monoisotopic (exact) mass is 236 g/mol. The number of aliphatic carboxylic acids is 1. The first-order valence-electron chi connectivity index (χ1n) is 3.91. The van der Waals surface area contributed by atoms with E-state index < -0.39 is 5.97 Å². The molecule has 1 aromatic carbocycles. The Hall–Kier alpha value is -0.710. The van der Waals surface area contributed by atoms with Crippen LogP contribution < -0.4 is 4.74 Å². The van der Waals surface area contributed by atoms with Crippen LogP contribution in [0.5, 0.6) is 11.5 Å². The third kappa shape index (κ3) is 4.55. The summed E-state index contributed by atoms with van der Waals surface area (Å²) in [5.74, 6) is -0.672. The summed E-state index contributed by atoms with van der Waals surface area (Å²) in [5, 5.41) is 17.6. The van der Waals surface area contributed by atoms with Crippen molar-refractivity contribution in [1.82, 2.24) is 0 Å². The number of ether oxygens (including phenoxy) is 1. The molecule has 0 saturated carbocycles. The molecule has 0 aliphatic carbocycles. The van der Waals surface area contributed by atoms with Gasteiger partial charge in [0, 0.05) is 6.08 Å². The van der Waals surface area contributed by atoms with E-state index >= 15 is 0 Å². The number of benzene rings is 1. The molecule has 1 aromatic rings. The van der Waals surface area contributed by atoms with Crippen LogP contribution in [0.4, 0.5) is 0 Å². The second-order valence-corrected chi connectivity index (χ2v) is 2.60. The Morgan fingerprint density at radius 1 is 1.47 bits per heavy atom. The summed E-state index contributed by atoms with van der Waals surface area (Å²) in [6.07, 6.45) is 2.44. The van der Waals surface area contributed by atoms with Gasteiger partial charge in [-0.05, 0) is 23.8 Å². The summed E-state index contributed by atoms with van der Waals surface area (Å²) in [4.78, 5) is 10.2. The van der Waals surface area contributed by atoms with Crippen molar-refractivity contribution < 1.29 is 19.7 Å². The molecule has 0 amide bonds. The van der Waals surface area contributed by atoms with Gasteiger partial charge in [-0.15, -0.1) is 0 Å². The average molecular weight is 236 g/mol. The van der Waals surface area contributed by atoms with Gasteiger partial charge in [0.05, 0.1) is 7.11 Å². The number of phenols is 1. The number of carbonyl (C=O) groups is 1. The minimum absolute atomic E-state index is 0. The van der Waals surface area contributed by atoms with Crippen LogP contribution in [0, 0.1) is 0 Å². The zero-order valence-electron chi connectivity index (χ0n) is 7.60. The second kappa shape index (κ2) is 6.71. The van der Waals surface area contributed by atoms with E-state index in [1.54, 1.807) is 12.1 Å². The van der Waals surface area contributed by atoms with Gasteiger partial charge in [0.25, 0.3) is 0 Å².